The first-order chi connectivity index (χ1) is 15.2. The average molecular weight is 491 g/mol. The monoisotopic (exact) mass is 490 g/mol. The van der Waals surface area contributed by atoms with Crippen molar-refractivity contribution < 1.29 is 13.2 Å². The van der Waals surface area contributed by atoms with Gasteiger partial charge in [-0.3, -0.25) is 4.79 Å². The van der Waals surface area contributed by atoms with E-state index in [0.717, 1.165) is 20.8 Å². The number of amides is 1. The van der Waals surface area contributed by atoms with E-state index in [1.54, 1.807) is 46.6 Å². The first kappa shape index (κ1) is 23.2. The smallest absolute Gasteiger partial charge is 0.243 e. The van der Waals surface area contributed by atoms with Gasteiger partial charge in [-0.25, -0.2) is 18.4 Å². The van der Waals surface area contributed by atoms with Crippen molar-refractivity contribution in [3.8, 4) is 0 Å². The van der Waals surface area contributed by atoms with E-state index in [1.165, 1.54) is 20.9 Å². The number of aromatic nitrogens is 2. The number of piperazine rings is 1. The Morgan fingerprint density at radius 1 is 1.06 bits per heavy atom. The van der Waals surface area contributed by atoms with Crippen LogP contribution in [0.25, 0.3) is 10.2 Å². The summed E-state index contributed by atoms with van der Waals surface area (Å²) in [7, 11) is -3.54. The molecule has 0 aliphatic carbocycles. The first-order valence-electron chi connectivity index (χ1n) is 10.4. The summed E-state index contributed by atoms with van der Waals surface area (Å²) in [6, 6.07) is 8.43. The fourth-order valence-corrected chi connectivity index (χ4v) is 7.48. The molecule has 1 amide bonds. The molecular formula is C22H26N4O3S3. The molecule has 3 heterocycles. The number of nitrogens with zero attached hydrogens (tertiary/aromatic N) is 4. The predicted molar refractivity (Wildman–Crippen MR) is 129 cm³/mol. The van der Waals surface area contributed by atoms with Crippen LogP contribution in [0.2, 0.25) is 0 Å². The SMILES string of the molecule is Cc1nc(SC(C)C(=O)N2CCN(S(=O)(=O)c3ccccc3)CC2)c2c(C)c(C)sc2n1. The second-order valence-corrected chi connectivity index (χ2v) is 12.3. The van der Waals surface area contributed by atoms with E-state index in [0.29, 0.717) is 32.0 Å². The molecule has 1 aliphatic heterocycles. The van der Waals surface area contributed by atoms with E-state index in [4.69, 9.17) is 0 Å². The summed E-state index contributed by atoms with van der Waals surface area (Å²) in [5.74, 6) is 0.696. The Labute approximate surface area is 196 Å². The summed E-state index contributed by atoms with van der Waals surface area (Å²) < 4.78 is 27.1. The van der Waals surface area contributed by atoms with Crippen molar-refractivity contribution >= 4 is 49.2 Å². The van der Waals surface area contributed by atoms with Gasteiger partial charge in [-0.15, -0.1) is 11.3 Å². The number of carbonyl (C=O) groups excluding carboxylic acids is 1. The number of hydrogen-bond acceptors (Lipinski definition) is 7. The molecule has 0 radical (unpaired) electrons. The third-order valence-corrected chi connectivity index (χ3v) is 9.76. The van der Waals surface area contributed by atoms with Gasteiger partial charge in [0.05, 0.1) is 10.1 Å². The maximum Gasteiger partial charge on any atom is 0.243 e. The molecule has 0 spiro atoms. The van der Waals surface area contributed by atoms with Gasteiger partial charge in [-0.05, 0) is 45.4 Å². The van der Waals surface area contributed by atoms with Gasteiger partial charge in [0.1, 0.15) is 15.7 Å². The molecule has 1 saturated heterocycles. The third-order valence-electron chi connectivity index (χ3n) is 5.67. The quantitative estimate of drug-likeness (QED) is 0.401. The Kier molecular flexibility index (Phi) is 6.58. The second kappa shape index (κ2) is 9.09. The van der Waals surface area contributed by atoms with Crippen LogP contribution >= 0.6 is 23.1 Å². The molecule has 32 heavy (non-hydrogen) atoms. The Hall–Kier alpha value is -2.01. The normalized spacial score (nSPS) is 16.4. The first-order valence-corrected chi connectivity index (χ1v) is 13.6. The molecule has 1 atom stereocenters. The van der Waals surface area contributed by atoms with Crippen molar-refractivity contribution in [2.24, 2.45) is 0 Å². The second-order valence-electron chi connectivity index (χ2n) is 7.84. The van der Waals surface area contributed by atoms with Gasteiger partial charge in [-0.2, -0.15) is 4.31 Å². The van der Waals surface area contributed by atoms with Gasteiger partial charge in [0.25, 0.3) is 0 Å². The molecule has 0 N–H and O–H groups in total. The van der Waals surface area contributed by atoms with Crippen LogP contribution in [0.15, 0.2) is 40.3 Å². The highest BCUT2D eigenvalue weighted by Gasteiger charge is 2.32. The molecule has 170 valence electrons. The fourth-order valence-electron chi connectivity index (χ4n) is 3.77. The maximum atomic E-state index is 13.1. The Bertz CT molecular complexity index is 1250. The number of aryl methyl sites for hydroxylation is 3. The Morgan fingerprint density at radius 3 is 2.38 bits per heavy atom. The number of thioether (sulfide) groups is 1. The standard InChI is InChI=1S/C22H26N4O3S3/c1-14-15(2)30-20-19(14)21(24-17(4)23-20)31-16(3)22(27)25-10-12-26(13-11-25)32(28,29)18-8-6-5-7-9-18/h5-9,16H,10-13H2,1-4H3. The van der Waals surface area contributed by atoms with E-state index in [2.05, 4.69) is 23.8 Å². The van der Waals surface area contributed by atoms with Gasteiger partial charge >= 0.3 is 0 Å². The molecule has 10 heteroatoms. The fraction of sp³-hybridized carbons (Fsp3) is 0.409. The molecule has 1 aromatic carbocycles. The lowest BCUT2D eigenvalue weighted by molar-refractivity contribution is -0.131. The van der Waals surface area contributed by atoms with Gasteiger partial charge in [-0.1, -0.05) is 30.0 Å². The van der Waals surface area contributed by atoms with E-state index in [-0.39, 0.29) is 16.1 Å². The molecule has 2 aromatic heterocycles. The highest BCUT2D eigenvalue weighted by Crippen LogP contribution is 2.37. The number of carbonyl (C=O) groups is 1. The zero-order valence-electron chi connectivity index (χ0n) is 18.5. The van der Waals surface area contributed by atoms with Crippen molar-refractivity contribution in [1.82, 2.24) is 19.2 Å². The van der Waals surface area contributed by atoms with Crippen LogP contribution in [0.3, 0.4) is 0 Å². The van der Waals surface area contributed by atoms with Crippen LogP contribution in [0.1, 0.15) is 23.2 Å². The lowest BCUT2D eigenvalue weighted by Crippen LogP contribution is -2.52. The maximum absolute atomic E-state index is 13.1. The van der Waals surface area contributed by atoms with Crippen LogP contribution in [0.5, 0.6) is 0 Å². The van der Waals surface area contributed by atoms with Crippen molar-refractivity contribution in [1.29, 1.82) is 0 Å². The average Bonchev–Trinajstić information content (AvgIpc) is 3.07. The predicted octanol–water partition coefficient (Wildman–Crippen LogP) is 3.63. The number of fused-ring (bicyclic) bond motifs is 1. The molecule has 7 nitrogen and oxygen atoms in total. The van der Waals surface area contributed by atoms with Crippen molar-refractivity contribution in [2.75, 3.05) is 26.2 Å². The number of thiophene rings is 1. The molecule has 0 bridgehead atoms. The lowest BCUT2D eigenvalue weighted by Gasteiger charge is -2.35. The molecule has 1 fully saturated rings. The van der Waals surface area contributed by atoms with E-state index in [9.17, 15) is 13.2 Å². The van der Waals surface area contributed by atoms with Crippen LogP contribution in [0.4, 0.5) is 0 Å². The number of sulfonamides is 1. The van der Waals surface area contributed by atoms with E-state index < -0.39 is 10.0 Å². The molecule has 1 aliphatic rings. The van der Waals surface area contributed by atoms with Gasteiger partial charge in [0.15, 0.2) is 0 Å². The molecule has 3 aromatic rings. The van der Waals surface area contributed by atoms with Crippen LogP contribution in [-0.4, -0.2) is 64.9 Å². The molecule has 1 unspecified atom stereocenters. The summed E-state index contributed by atoms with van der Waals surface area (Å²) in [5, 5.41) is 1.53. The van der Waals surface area contributed by atoms with Gasteiger partial charge < -0.3 is 4.90 Å². The Morgan fingerprint density at radius 2 is 1.72 bits per heavy atom. The van der Waals surface area contributed by atoms with Gasteiger partial charge in [0, 0.05) is 36.4 Å². The molecule has 4 rings (SSSR count). The molecule has 0 saturated carbocycles. The van der Waals surface area contributed by atoms with Crippen molar-refractivity contribution in [2.45, 2.75) is 42.9 Å². The minimum atomic E-state index is -3.54. The summed E-state index contributed by atoms with van der Waals surface area (Å²) in [4.78, 5) is 26.5. The number of rotatable bonds is 5. The van der Waals surface area contributed by atoms with E-state index >= 15 is 0 Å². The van der Waals surface area contributed by atoms with Crippen LogP contribution in [0, 0.1) is 20.8 Å². The van der Waals surface area contributed by atoms with Crippen molar-refractivity contribution in [3.05, 3.63) is 46.6 Å². The summed E-state index contributed by atoms with van der Waals surface area (Å²) >= 11 is 3.10. The highest BCUT2D eigenvalue weighted by molar-refractivity contribution is 8.00. The number of hydrogen-bond donors (Lipinski definition) is 0. The zero-order valence-corrected chi connectivity index (χ0v) is 21.0. The lowest BCUT2D eigenvalue weighted by atomic mass is 10.2. The third kappa shape index (κ3) is 4.41. The highest BCUT2D eigenvalue weighted by atomic mass is 32.2. The summed E-state index contributed by atoms with van der Waals surface area (Å²) in [6.45, 7) is 9.23. The number of benzene rings is 1. The summed E-state index contributed by atoms with van der Waals surface area (Å²) in [5.41, 5.74) is 1.16. The van der Waals surface area contributed by atoms with E-state index in [1.807, 2.05) is 13.8 Å². The Balaban J connectivity index is 1.45. The van der Waals surface area contributed by atoms with Crippen LogP contribution < -0.4 is 0 Å². The van der Waals surface area contributed by atoms with Crippen molar-refractivity contribution in [3.63, 3.8) is 0 Å². The zero-order chi connectivity index (χ0) is 23.0. The minimum Gasteiger partial charge on any atom is -0.339 e. The largest absolute Gasteiger partial charge is 0.339 e. The van der Waals surface area contributed by atoms with Crippen LogP contribution in [-0.2, 0) is 14.8 Å². The summed E-state index contributed by atoms with van der Waals surface area (Å²) in [6.07, 6.45) is 0. The van der Waals surface area contributed by atoms with Gasteiger partial charge in [0.2, 0.25) is 15.9 Å². The minimum absolute atomic E-state index is 0.000721. The topological polar surface area (TPSA) is 83.5 Å². The molecular weight excluding hydrogens is 464 g/mol.